The molecule has 1 saturated carbocycles. The molecule has 1 radical (unpaired) electrons. The van der Waals surface area contributed by atoms with Gasteiger partial charge in [0, 0.05) is 31.7 Å². The van der Waals surface area contributed by atoms with Gasteiger partial charge in [-0.25, -0.2) is 5.32 Å². The van der Waals surface area contributed by atoms with Gasteiger partial charge >= 0.3 is 0 Å². The zero-order valence-electron chi connectivity index (χ0n) is 11.1. The van der Waals surface area contributed by atoms with Gasteiger partial charge in [-0.3, -0.25) is 4.90 Å². The van der Waals surface area contributed by atoms with Gasteiger partial charge in [-0.1, -0.05) is 43.2 Å². The Labute approximate surface area is 110 Å². The van der Waals surface area contributed by atoms with Crippen molar-refractivity contribution in [3.63, 3.8) is 0 Å². The lowest BCUT2D eigenvalue weighted by molar-refractivity contribution is 0.142. The Morgan fingerprint density at radius 1 is 1.11 bits per heavy atom. The Morgan fingerprint density at radius 2 is 1.89 bits per heavy atom. The maximum absolute atomic E-state index is 4.80. The molecular formula is C16H23N2. The molecule has 2 nitrogen and oxygen atoms in total. The molecule has 0 bridgehead atoms. The number of hydrogen-bond acceptors (Lipinski definition) is 1. The average molecular weight is 243 g/mol. The molecule has 2 aliphatic rings. The molecule has 1 aromatic carbocycles. The second kappa shape index (κ2) is 5.85. The molecule has 2 fully saturated rings. The first kappa shape index (κ1) is 12.2. The van der Waals surface area contributed by atoms with Crippen LogP contribution in [0.1, 0.15) is 31.2 Å². The first-order valence-corrected chi connectivity index (χ1v) is 7.36. The van der Waals surface area contributed by atoms with Crippen molar-refractivity contribution in [1.82, 2.24) is 10.2 Å². The molecule has 1 aliphatic heterocycles. The predicted molar refractivity (Wildman–Crippen MR) is 74.8 cm³/mol. The van der Waals surface area contributed by atoms with E-state index in [1.807, 2.05) is 0 Å². The highest BCUT2D eigenvalue weighted by Crippen LogP contribution is 2.24. The largest absolute Gasteiger partial charge is 0.297 e. The summed E-state index contributed by atoms with van der Waals surface area (Å²) >= 11 is 0. The highest BCUT2D eigenvalue weighted by atomic mass is 15.2. The fraction of sp³-hybridized carbons (Fsp3) is 0.625. The van der Waals surface area contributed by atoms with Crippen LogP contribution in [0, 0.1) is 0 Å². The van der Waals surface area contributed by atoms with Crippen LogP contribution in [0.5, 0.6) is 0 Å². The summed E-state index contributed by atoms with van der Waals surface area (Å²) in [6.45, 7) is 3.41. The molecule has 97 valence electrons. The fourth-order valence-corrected chi connectivity index (χ4v) is 3.40. The van der Waals surface area contributed by atoms with Crippen LogP contribution in [0.3, 0.4) is 0 Å². The van der Waals surface area contributed by atoms with E-state index in [0.29, 0.717) is 6.04 Å². The summed E-state index contributed by atoms with van der Waals surface area (Å²) in [6.07, 6.45) is 6.81. The Kier molecular flexibility index (Phi) is 3.96. The summed E-state index contributed by atoms with van der Waals surface area (Å²) in [6, 6.07) is 12.2. The van der Waals surface area contributed by atoms with Crippen LogP contribution in [0.2, 0.25) is 0 Å². The van der Waals surface area contributed by atoms with Crippen molar-refractivity contribution >= 4 is 0 Å². The summed E-state index contributed by atoms with van der Waals surface area (Å²) < 4.78 is 0. The predicted octanol–water partition coefficient (Wildman–Crippen LogP) is 2.46. The summed E-state index contributed by atoms with van der Waals surface area (Å²) in [7, 11) is 0. The number of benzene rings is 1. The zero-order chi connectivity index (χ0) is 12.2. The van der Waals surface area contributed by atoms with Gasteiger partial charge in [0.25, 0.3) is 0 Å². The molecule has 0 amide bonds. The van der Waals surface area contributed by atoms with Gasteiger partial charge in [-0.2, -0.15) is 0 Å². The zero-order valence-corrected chi connectivity index (χ0v) is 11.1. The van der Waals surface area contributed by atoms with Crippen LogP contribution < -0.4 is 5.32 Å². The maximum Gasteiger partial charge on any atom is 0.0414 e. The second-order valence-corrected chi connectivity index (χ2v) is 5.68. The number of piperazine rings is 1. The molecule has 1 aliphatic carbocycles. The van der Waals surface area contributed by atoms with E-state index in [-0.39, 0.29) is 0 Å². The Bertz CT molecular complexity index is 357. The van der Waals surface area contributed by atoms with Crippen molar-refractivity contribution in [3.8, 4) is 0 Å². The normalized spacial score (nSPS) is 26.6. The minimum atomic E-state index is 0.516. The van der Waals surface area contributed by atoms with Crippen LogP contribution >= 0.6 is 0 Å². The van der Waals surface area contributed by atoms with E-state index in [1.165, 1.54) is 44.3 Å². The van der Waals surface area contributed by atoms with Crippen molar-refractivity contribution < 1.29 is 0 Å². The van der Waals surface area contributed by atoms with Crippen LogP contribution in [-0.4, -0.2) is 36.6 Å². The molecular weight excluding hydrogens is 220 g/mol. The van der Waals surface area contributed by atoms with Crippen LogP contribution in [0.4, 0.5) is 0 Å². The third-order valence-corrected chi connectivity index (χ3v) is 4.38. The molecule has 1 atom stereocenters. The van der Waals surface area contributed by atoms with Crippen LogP contribution in [-0.2, 0) is 6.42 Å². The highest BCUT2D eigenvalue weighted by molar-refractivity contribution is 5.16. The van der Waals surface area contributed by atoms with Crippen molar-refractivity contribution in [2.75, 3.05) is 19.6 Å². The molecule has 1 unspecified atom stereocenters. The van der Waals surface area contributed by atoms with Gasteiger partial charge in [-0.05, 0) is 24.8 Å². The Morgan fingerprint density at radius 3 is 2.67 bits per heavy atom. The minimum Gasteiger partial charge on any atom is -0.297 e. The van der Waals surface area contributed by atoms with Gasteiger partial charge < -0.3 is 0 Å². The number of nitrogens with zero attached hydrogens (tertiary/aromatic N) is 2. The van der Waals surface area contributed by atoms with Crippen LogP contribution in [0.15, 0.2) is 30.3 Å². The van der Waals surface area contributed by atoms with E-state index in [2.05, 4.69) is 35.2 Å². The second-order valence-electron chi connectivity index (χ2n) is 5.68. The summed E-state index contributed by atoms with van der Waals surface area (Å²) in [5.74, 6) is 0. The van der Waals surface area contributed by atoms with E-state index >= 15 is 0 Å². The van der Waals surface area contributed by atoms with Gasteiger partial charge in [-0.15, -0.1) is 0 Å². The van der Waals surface area contributed by atoms with E-state index in [1.54, 1.807) is 0 Å². The first-order chi connectivity index (χ1) is 8.92. The van der Waals surface area contributed by atoms with E-state index in [4.69, 9.17) is 5.32 Å². The quantitative estimate of drug-likeness (QED) is 0.797. The summed E-state index contributed by atoms with van der Waals surface area (Å²) in [4.78, 5) is 2.70. The Balaban J connectivity index is 1.56. The topological polar surface area (TPSA) is 17.3 Å². The lowest BCUT2D eigenvalue weighted by Gasteiger charge is -2.36. The standard InChI is InChI=1S/C16H23N2/c1-2-6-14(7-3-1)12-15-13-18(11-10-17-15)16-8-4-5-9-16/h1-3,6-7,15-16H,4-5,8-13H2. The SMILES string of the molecule is c1ccc(CC2CN(C3CCCC3)CC[N]2)cc1. The Hall–Kier alpha value is -0.860. The van der Waals surface area contributed by atoms with Crippen molar-refractivity contribution in [2.24, 2.45) is 0 Å². The van der Waals surface area contributed by atoms with Gasteiger partial charge in [0.2, 0.25) is 0 Å². The minimum absolute atomic E-state index is 0.516. The fourth-order valence-electron chi connectivity index (χ4n) is 3.40. The van der Waals surface area contributed by atoms with Crippen molar-refractivity contribution in [2.45, 2.75) is 44.2 Å². The maximum atomic E-state index is 4.80. The molecule has 1 aromatic rings. The third-order valence-electron chi connectivity index (χ3n) is 4.38. The van der Waals surface area contributed by atoms with E-state index in [0.717, 1.165) is 19.0 Å². The number of hydrogen-bond donors (Lipinski definition) is 0. The van der Waals surface area contributed by atoms with Gasteiger partial charge in [0.1, 0.15) is 0 Å². The summed E-state index contributed by atoms with van der Waals surface area (Å²) in [5.41, 5.74) is 1.43. The molecule has 0 aromatic heterocycles. The average Bonchev–Trinajstić information content (AvgIpc) is 2.94. The monoisotopic (exact) mass is 243 g/mol. The van der Waals surface area contributed by atoms with E-state index < -0.39 is 0 Å². The molecule has 1 saturated heterocycles. The molecule has 3 rings (SSSR count). The van der Waals surface area contributed by atoms with Crippen LogP contribution in [0.25, 0.3) is 0 Å². The third kappa shape index (κ3) is 2.93. The molecule has 0 spiro atoms. The number of rotatable bonds is 3. The van der Waals surface area contributed by atoms with Crippen molar-refractivity contribution in [1.29, 1.82) is 0 Å². The lowest BCUT2D eigenvalue weighted by Crippen LogP contribution is -2.51. The van der Waals surface area contributed by atoms with Gasteiger partial charge in [0.05, 0.1) is 0 Å². The molecule has 18 heavy (non-hydrogen) atoms. The van der Waals surface area contributed by atoms with Crippen molar-refractivity contribution in [3.05, 3.63) is 35.9 Å². The smallest absolute Gasteiger partial charge is 0.0414 e. The highest BCUT2D eigenvalue weighted by Gasteiger charge is 2.28. The van der Waals surface area contributed by atoms with E-state index in [9.17, 15) is 0 Å². The molecule has 0 N–H and O–H groups in total. The molecule has 2 heteroatoms. The lowest BCUT2D eigenvalue weighted by atomic mass is 10.0. The first-order valence-electron chi connectivity index (χ1n) is 7.36. The summed E-state index contributed by atoms with van der Waals surface area (Å²) in [5, 5.41) is 4.80. The molecule has 1 heterocycles. The van der Waals surface area contributed by atoms with Gasteiger partial charge in [0.15, 0.2) is 0 Å².